The summed E-state index contributed by atoms with van der Waals surface area (Å²) in [6, 6.07) is 7.21. The second-order valence-corrected chi connectivity index (χ2v) is 5.83. The molecule has 2 aromatic rings. The Morgan fingerprint density at radius 1 is 1.25 bits per heavy atom. The van der Waals surface area contributed by atoms with E-state index in [0.29, 0.717) is 36.1 Å². The van der Waals surface area contributed by atoms with Gasteiger partial charge in [-0.05, 0) is 37.4 Å². The topological polar surface area (TPSA) is 71.3 Å². The molecule has 2 rings (SSSR count). The van der Waals surface area contributed by atoms with Crippen molar-refractivity contribution in [2.45, 2.75) is 26.7 Å². The van der Waals surface area contributed by atoms with Gasteiger partial charge in [-0.25, -0.2) is 0 Å². The van der Waals surface area contributed by atoms with E-state index >= 15 is 0 Å². The van der Waals surface area contributed by atoms with Gasteiger partial charge in [-0.1, -0.05) is 30.6 Å². The number of benzene rings is 1. The zero-order valence-electron chi connectivity index (χ0n) is 14.1. The minimum Gasteiger partial charge on any atom is -0.355 e. The van der Waals surface area contributed by atoms with Gasteiger partial charge in [0.15, 0.2) is 0 Å². The van der Waals surface area contributed by atoms with Gasteiger partial charge in [0.25, 0.3) is 0 Å². The largest absolute Gasteiger partial charge is 0.355 e. The van der Waals surface area contributed by atoms with Gasteiger partial charge in [0.2, 0.25) is 17.6 Å². The Hall–Kier alpha value is -1.92. The number of hydrogen-bond donors (Lipinski definition) is 1. The number of rotatable bonds is 9. The molecule has 0 aliphatic heterocycles. The average molecular weight is 351 g/mol. The van der Waals surface area contributed by atoms with E-state index in [0.717, 1.165) is 25.2 Å². The first-order valence-corrected chi connectivity index (χ1v) is 8.57. The van der Waals surface area contributed by atoms with Crippen molar-refractivity contribution in [3.63, 3.8) is 0 Å². The summed E-state index contributed by atoms with van der Waals surface area (Å²) in [5.74, 6) is 0.954. The Labute approximate surface area is 147 Å². The third-order valence-corrected chi connectivity index (χ3v) is 4.03. The van der Waals surface area contributed by atoms with Crippen LogP contribution in [0.1, 0.15) is 26.2 Å². The molecular formula is C17H23ClN4O2. The standard InChI is InChI=1S/C17H23ClN4O2/c1-3-22(4-2)12-11-19-15(23)9-10-16-20-17(21-24-16)13-5-7-14(18)8-6-13/h5-8H,3-4,9-12H2,1-2H3,(H,19,23). The van der Waals surface area contributed by atoms with E-state index in [1.165, 1.54) is 0 Å². The summed E-state index contributed by atoms with van der Waals surface area (Å²) >= 11 is 5.86. The molecular weight excluding hydrogens is 328 g/mol. The van der Waals surface area contributed by atoms with Gasteiger partial charge in [0.05, 0.1) is 0 Å². The van der Waals surface area contributed by atoms with Gasteiger partial charge in [-0.15, -0.1) is 0 Å². The third-order valence-electron chi connectivity index (χ3n) is 3.78. The van der Waals surface area contributed by atoms with Crippen molar-refractivity contribution in [2.75, 3.05) is 26.2 Å². The van der Waals surface area contributed by atoms with Crippen LogP contribution in [0.4, 0.5) is 0 Å². The Morgan fingerprint density at radius 2 is 1.96 bits per heavy atom. The zero-order valence-corrected chi connectivity index (χ0v) is 14.8. The van der Waals surface area contributed by atoms with Crippen LogP contribution in [0.5, 0.6) is 0 Å². The van der Waals surface area contributed by atoms with Crippen LogP contribution in [0.2, 0.25) is 5.02 Å². The molecule has 130 valence electrons. The average Bonchev–Trinajstić information content (AvgIpc) is 3.06. The van der Waals surface area contributed by atoms with E-state index in [-0.39, 0.29) is 5.91 Å². The number of aromatic nitrogens is 2. The number of nitrogens with zero attached hydrogens (tertiary/aromatic N) is 3. The van der Waals surface area contributed by atoms with Crippen molar-refractivity contribution < 1.29 is 9.32 Å². The molecule has 0 saturated carbocycles. The number of likely N-dealkylation sites (N-methyl/N-ethyl adjacent to an activating group) is 1. The Balaban J connectivity index is 1.76. The van der Waals surface area contributed by atoms with Crippen LogP contribution in [-0.2, 0) is 11.2 Å². The number of amides is 1. The summed E-state index contributed by atoms with van der Waals surface area (Å²) in [7, 11) is 0. The molecule has 0 aliphatic carbocycles. The van der Waals surface area contributed by atoms with Crippen molar-refractivity contribution in [2.24, 2.45) is 0 Å². The summed E-state index contributed by atoms with van der Waals surface area (Å²) < 4.78 is 5.19. The van der Waals surface area contributed by atoms with E-state index in [1.54, 1.807) is 12.1 Å². The fourth-order valence-corrected chi connectivity index (χ4v) is 2.40. The van der Waals surface area contributed by atoms with E-state index in [2.05, 4.69) is 34.2 Å². The zero-order chi connectivity index (χ0) is 17.4. The molecule has 1 aromatic carbocycles. The van der Waals surface area contributed by atoms with E-state index in [1.807, 2.05) is 12.1 Å². The highest BCUT2D eigenvalue weighted by Gasteiger charge is 2.10. The first-order valence-electron chi connectivity index (χ1n) is 8.20. The summed E-state index contributed by atoms with van der Waals surface area (Å²) in [6.45, 7) is 7.71. The monoisotopic (exact) mass is 350 g/mol. The summed E-state index contributed by atoms with van der Waals surface area (Å²) in [5, 5.41) is 7.50. The number of carbonyl (C=O) groups excluding carboxylic acids is 1. The van der Waals surface area contributed by atoms with Gasteiger partial charge >= 0.3 is 0 Å². The van der Waals surface area contributed by atoms with Crippen LogP contribution >= 0.6 is 11.6 Å². The fraction of sp³-hybridized carbons (Fsp3) is 0.471. The highest BCUT2D eigenvalue weighted by Crippen LogP contribution is 2.18. The van der Waals surface area contributed by atoms with Crippen molar-refractivity contribution in [1.29, 1.82) is 0 Å². The van der Waals surface area contributed by atoms with Gasteiger partial charge < -0.3 is 14.7 Å². The molecule has 0 unspecified atom stereocenters. The van der Waals surface area contributed by atoms with Gasteiger partial charge in [-0.2, -0.15) is 4.98 Å². The predicted octanol–water partition coefficient (Wildman–Crippen LogP) is 2.78. The molecule has 1 amide bonds. The molecule has 6 nitrogen and oxygen atoms in total. The molecule has 0 bridgehead atoms. The highest BCUT2D eigenvalue weighted by molar-refractivity contribution is 6.30. The predicted molar refractivity (Wildman–Crippen MR) is 93.9 cm³/mol. The number of halogens is 1. The van der Waals surface area contributed by atoms with Crippen molar-refractivity contribution in [3.05, 3.63) is 35.2 Å². The third kappa shape index (κ3) is 5.62. The molecule has 0 aliphatic rings. The van der Waals surface area contributed by atoms with Crippen molar-refractivity contribution in [1.82, 2.24) is 20.4 Å². The number of aryl methyl sites for hydroxylation is 1. The number of carbonyl (C=O) groups is 1. The fourth-order valence-electron chi connectivity index (χ4n) is 2.27. The van der Waals surface area contributed by atoms with E-state index in [9.17, 15) is 4.79 Å². The van der Waals surface area contributed by atoms with Crippen LogP contribution < -0.4 is 5.32 Å². The van der Waals surface area contributed by atoms with E-state index < -0.39 is 0 Å². The number of nitrogens with one attached hydrogen (secondary N) is 1. The van der Waals surface area contributed by atoms with E-state index in [4.69, 9.17) is 16.1 Å². The molecule has 0 atom stereocenters. The lowest BCUT2D eigenvalue weighted by Gasteiger charge is -2.17. The number of hydrogen-bond acceptors (Lipinski definition) is 5. The van der Waals surface area contributed by atoms with Crippen LogP contribution in [0.15, 0.2) is 28.8 Å². The van der Waals surface area contributed by atoms with Gasteiger partial charge in [0.1, 0.15) is 0 Å². The highest BCUT2D eigenvalue weighted by atomic mass is 35.5. The minimum absolute atomic E-state index is 0.00611. The van der Waals surface area contributed by atoms with Crippen LogP contribution in [0.3, 0.4) is 0 Å². The molecule has 0 saturated heterocycles. The first kappa shape index (κ1) is 18.4. The normalized spacial score (nSPS) is 11.0. The Kier molecular flexibility index (Phi) is 7.21. The Morgan fingerprint density at radius 3 is 2.62 bits per heavy atom. The first-order chi connectivity index (χ1) is 11.6. The van der Waals surface area contributed by atoms with Gasteiger partial charge in [-0.3, -0.25) is 4.79 Å². The molecule has 0 radical (unpaired) electrons. The summed E-state index contributed by atoms with van der Waals surface area (Å²) in [5.41, 5.74) is 0.832. The lowest BCUT2D eigenvalue weighted by Crippen LogP contribution is -2.34. The lowest BCUT2D eigenvalue weighted by atomic mass is 10.2. The molecule has 0 spiro atoms. The molecule has 1 aromatic heterocycles. The molecule has 24 heavy (non-hydrogen) atoms. The summed E-state index contributed by atoms with van der Waals surface area (Å²) in [4.78, 5) is 18.4. The van der Waals surface area contributed by atoms with Crippen LogP contribution in [0, 0.1) is 0 Å². The SMILES string of the molecule is CCN(CC)CCNC(=O)CCc1nc(-c2ccc(Cl)cc2)no1. The maximum Gasteiger partial charge on any atom is 0.227 e. The second kappa shape index (κ2) is 9.39. The maximum absolute atomic E-state index is 11.9. The summed E-state index contributed by atoms with van der Waals surface area (Å²) in [6.07, 6.45) is 0.762. The minimum atomic E-state index is -0.00611. The van der Waals surface area contributed by atoms with Crippen LogP contribution in [0.25, 0.3) is 11.4 Å². The van der Waals surface area contributed by atoms with Crippen LogP contribution in [-0.4, -0.2) is 47.1 Å². The quantitative estimate of drug-likeness (QED) is 0.753. The lowest BCUT2D eigenvalue weighted by molar-refractivity contribution is -0.121. The smallest absolute Gasteiger partial charge is 0.227 e. The maximum atomic E-state index is 11.9. The molecule has 1 N–H and O–H groups in total. The second-order valence-electron chi connectivity index (χ2n) is 5.40. The Bertz CT molecular complexity index is 638. The van der Waals surface area contributed by atoms with Crippen molar-refractivity contribution >= 4 is 17.5 Å². The molecule has 7 heteroatoms. The van der Waals surface area contributed by atoms with Crippen molar-refractivity contribution in [3.8, 4) is 11.4 Å². The molecule has 1 heterocycles. The molecule has 0 fully saturated rings. The van der Waals surface area contributed by atoms with Gasteiger partial charge in [0, 0.05) is 36.5 Å².